The molecule has 0 saturated carbocycles. The Labute approximate surface area is 146 Å². The molecule has 0 heterocycles. The number of likely N-dealkylation sites (N-methyl/N-ethyl adjacent to an activating group) is 1. The number of anilines is 1. The van der Waals surface area contributed by atoms with Crippen LogP contribution in [0.25, 0.3) is 0 Å². The molecule has 2 aromatic rings. The van der Waals surface area contributed by atoms with Crippen LogP contribution in [-0.2, 0) is 0 Å². The molecular weight excluding hydrogens is 329 g/mol. The van der Waals surface area contributed by atoms with Crippen molar-refractivity contribution in [2.75, 3.05) is 26.0 Å². The molecule has 0 spiro atoms. The molecule has 2 N–H and O–H groups in total. The average molecular weight is 350 g/mol. The Bertz CT molecular complexity index is 704. The Morgan fingerprint density at radius 1 is 1.21 bits per heavy atom. The summed E-state index contributed by atoms with van der Waals surface area (Å²) in [6, 6.07) is 11.3. The van der Waals surface area contributed by atoms with Gasteiger partial charge in [-0.25, -0.2) is 9.18 Å². The predicted molar refractivity (Wildman–Crippen MR) is 96.0 cm³/mol. The fraction of sp³-hybridized carbons (Fsp3) is 0.278. The first-order valence-corrected chi connectivity index (χ1v) is 7.97. The van der Waals surface area contributed by atoms with Gasteiger partial charge < -0.3 is 15.5 Å². The van der Waals surface area contributed by atoms with Gasteiger partial charge in [-0.15, -0.1) is 0 Å². The SMILES string of the molecule is Cc1ccc(NC(=O)NCC(c2ccc(F)cc2)N(C)C)c(Cl)c1. The number of urea groups is 1. The number of carbonyl (C=O) groups is 1. The highest BCUT2D eigenvalue weighted by atomic mass is 35.5. The molecule has 2 rings (SSSR count). The molecule has 0 bridgehead atoms. The Morgan fingerprint density at radius 3 is 2.46 bits per heavy atom. The highest BCUT2D eigenvalue weighted by molar-refractivity contribution is 6.33. The molecule has 0 aromatic heterocycles. The van der Waals surface area contributed by atoms with Gasteiger partial charge in [0, 0.05) is 6.54 Å². The highest BCUT2D eigenvalue weighted by Gasteiger charge is 2.15. The molecule has 24 heavy (non-hydrogen) atoms. The summed E-state index contributed by atoms with van der Waals surface area (Å²) in [5.74, 6) is -0.282. The Balaban J connectivity index is 1.98. The van der Waals surface area contributed by atoms with Crippen LogP contribution in [0.3, 0.4) is 0 Å². The van der Waals surface area contributed by atoms with Crippen molar-refractivity contribution in [2.24, 2.45) is 0 Å². The maximum absolute atomic E-state index is 13.1. The van der Waals surface area contributed by atoms with Gasteiger partial charge in [0.1, 0.15) is 5.82 Å². The normalized spacial score (nSPS) is 12.1. The van der Waals surface area contributed by atoms with E-state index in [2.05, 4.69) is 10.6 Å². The average Bonchev–Trinajstić information content (AvgIpc) is 2.52. The molecule has 2 aromatic carbocycles. The van der Waals surface area contributed by atoms with Crippen LogP contribution in [0.2, 0.25) is 5.02 Å². The van der Waals surface area contributed by atoms with Crippen LogP contribution in [0, 0.1) is 12.7 Å². The van der Waals surface area contributed by atoms with Crippen molar-refractivity contribution < 1.29 is 9.18 Å². The van der Waals surface area contributed by atoms with Crippen molar-refractivity contribution in [1.29, 1.82) is 0 Å². The molecule has 0 saturated heterocycles. The Morgan fingerprint density at radius 2 is 1.88 bits per heavy atom. The molecule has 128 valence electrons. The lowest BCUT2D eigenvalue weighted by Crippen LogP contribution is -2.36. The number of nitrogens with one attached hydrogen (secondary N) is 2. The second kappa shape index (κ2) is 8.13. The zero-order valence-electron chi connectivity index (χ0n) is 13.9. The molecular formula is C18H21ClFN3O. The zero-order valence-corrected chi connectivity index (χ0v) is 14.7. The van der Waals surface area contributed by atoms with Gasteiger partial charge in [0.05, 0.1) is 16.8 Å². The summed E-state index contributed by atoms with van der Waals surface area (Å²) in [5, 5.41) is 6.05. The van der Waals surface area contributed by atoms with E-state index >= 15 is 0 Å². The van der Waals surface area contributed by atoms with Crippen LogP contribution >= 0.6 is 11.6 Å². The summed E-state index contributed by atoms with van der Waals surface area (Å²) in [7, 11) is 3.81. The van der Waals surface area contributed by atoms with Crippen LogP contribution in [-0.4, -0.2) is 31.6 Å². The highest BCUT2D eigenvalue weighted by Crippen LogP contribution is 2.23. The molecule has 0 aliphatic heterocycles. The summed E-state index contributed by atoms with van der Waals surface area (Å²) in [6.07, 6.45) is 0. The lowest BCUT2D eigenvalue weighted by Gasteiger charge is -2.25. The maximum atomic E-state index is 13.1. The molecule has 0 radical (unpaired) electrons. The first kappa shape index (κ1) is 18.2. The first-order chi connectivity index (χ1) is 11.4. The third kappa shape index (κ3) is 4.94. The van der Waals surface area contributed by atoms with E-state index in [-0.39, 0.29) is 17.9 Å². The fourth-order valence-electron chi connectivity index (χ4n) is 2.36. The second-order valence-electron chi connectivity index (χ2n) is 5.85. The van der Waals surface area contributed by atoms with Crippen LogP contribution in [0.4, 0.5) is 14.9 Å². The smallest absolute Gasteiger partial charge is 0.319 e. The van der Waals surface area contributed by atoms with Gasteiger partial charge >= 0.3 is 6.03 Å². The van der Waals surface area contributed by atoms with Crippen molar-refractivity contribution in [3.05, 3.63) is 64.4 Å². The monoisotopic (exact) mass is 349 g/mol. The minimum Gasteiger partial charge on any atom is -0.336 e. The largest absolute Gasteiger partial charge is 0.336 e. The van der Waals surface area contributed by atoms with E-state index in [1.54, 1.807) is 24.3 Å². The van der Waals surface area contributed by atoms with E-state index in [0.717, 1.165) is 11.1 Å². The van der Waals surface area contributed by atoms with E-state index in [4.69, 9.17) is 11.6 Å². The van der Waals surface area contributed by atoms with Crippen molar-refractivity contribution in [2.45, 2.75) is 13.0 Å². The number of amides is 2. The van der Waals surface area contributed by atoms with E-state index in [0.29, 0.717) is 17.3 Å². The third-order valence-electron chi connectivity index (χ3n) is 3.71. The number of rotatable bonds is 5. The van der Waals surface area contributed by atoms with E-state index in [1.165, 1.54) is 12.1 Å². The van der Waals surface area contributed by atoms with E-state index in [1.807, 2.05) is 32.0 Å². The minimum absolute atomic E-state index is 0.0650. The minimum atomic E-state index is -0.338. The second-order valence-corrected chi connectivity index (χ2v) is 6.26. The summed E-state index contributed by atoms with van der Waals surface area (Å²) in [4.78, 5) is 14.1. The number of hydrogen-bond donors (Lipinski definition) is 2. The number of benzene rings is 2. The molecule has 6 heteroatoms. The van der Waals surface area contributed by atoms with E-state index < -0.39 is 0 Å². The topological polar surface area (TPSA) is 44.4 Å². The molecule has 0 aliphatic carbocycles. The van der Waals surface area contributed by atoms with Gasteiger partial charge in [-0.3, -0.25) is 0 Å². The summed E-state index contributed by atoms with van der Waals surface area (Å²) < 4.78 is 13.1. The molecule has 4 nitrogen and oxygen atoms in total. The number of nitrogens with zero attached hydrogens (tertiary/aromatic N) is 1. The zero-order chi connectivity index (χ0) is 17.7. The van der Waals surface area contributed by atoms with Crippen molar-refractivity contribution in [1.82, 2.24) is 10.2 Å². The lowest BCUT2D eigenvalue weighted by atomic mass is 10.1. The van der Waals surface area contributed by atoms with Crippen LogP contribution in [0.1, 0.15) is 17.2 Å². The third-order valence-corrected chi connectivity index (χ3v) is 4.02. The van der Waals surface area contributed by atoms with Gasteiger partial charge in [0.2, 0.25) is 0 Å². The first-order valence-electron chi connectivity index (χ1n) is 7.59. The van der Waals surface area contributed by atoms with Crippen LogP contribution in [0.5, 0.6) is 0 Å². The maximum Gasteiger partial charge on any atom is 0.319 e. The molecule has 0 fully saturated rings. The fourth-order valence-corrected chi connectivity index (χ4v) is 2.64. The molecule has 0 aliphatic rings. The van der Waals surface area contributed by atoms with Crippen molar-refractivity contribution in [3.8, 4) is 0 Å². The quantitative estimate of drug-likeness (QED) is 0.849. The van der Waals surface area contributed by atoms with Gasteiger partial charge in [-0.2, -0.15) is 0 Å². The summed E-state index contributed by atoms with van der Waals surface area (Å²) in [5.41, 5.74) is 2.51. The Hall–Kier alpha value is -2.11. The molecule has 2 amide bonds. The predicted octanol–water partition coefficient (Wildman–Crippen LogP) is 4.21. The number of aryl methyl sites for hydroxylation is 1. The Kier molecular flexibility index (Phi) is 6.17. The van der Waals surface area contributed by atoms with Gasteiger partial charge in [0.15, 0.2) is 0 Å². The van der Waals surface area contributed by atoms with Gasteiger partial charge in [-0.05, 0) is 56.4 Å². The molecule has 1 unspecified atom stereocenters. The van der Waals surface area contributed by atoms with Crippen LogP contribution in [0.15, 0.2) is 42.5 Å². The number of carbonyl (C=O) groups excluding carboxylic acids is 1. The van der Waals surface area contributed by atoms with Crippen molar-refractivity contribution in [3.63, 3.8) is 0 Å². The van der Waals surface area contributed by atoms with Gasteiger partial charge in [0.25, 0.3) is 0 Å². The summed E-state index contributed by atoms with van der Waals surface area (Å²) >= 11 is 6.11. The number of halogens is 2. The standard InChI is InChI=1S/C18H21ClFN3O/c1-12-4-9-16(15(19)10-12)22-18(24)21-11-17(23(2)3)13-5-7-14(20)8-6-13/h4-10,17H,11H2,1-3H3,(H2,21,22,24). The number of hydrogen-bond acceptors (Lipinski definition) is 2. The van der Waals surface area contributed by atoms with Crippen LogP contribution < -0.4 is 10.6 Å². The van der Waals surface area contributed by atoms with E-state index in [9.17, 15) is 9.18 Å². The molecule has 1 atom stereocenters. The van der Waals surface area contributed by atoms with Crippen molar-refractivity contribution >= 4 is 23.3 Å². The van der Waals surface area contributed by atoms with Gasteiger partial charge in [-0.1, -0.05) is 29.8 Å². The summed E-state index contributed by atoms with van der Waals surface area (Å²) in [6.45, 7) is 2.31. The lowest BCUT2D eigenvalue weighted by molar-refractivity contribution is 0.243.